The van der Waals surface area contributed by atoms with Crippen molar-refractivity contribution >= 4 is 15.9 Å². The normalized spacial score (nSPS) is 16.3. The topological polar surface area (TPSA) is 93.5 Å². The molecule has 0 aliphatic carbocycles. The van der Waals surface area contributed by atoms with Crippen LogP contribution < -0.4 is 10.1 Å². The van der Waals surface area contributed by atoms with Crippen LogP contribution in [0.3, 0.4) is 0 Å². The van der Waals surface area contributed by atoms with Crippen molar-refractivity contribution < 1.29 is 31.1 Å². The van der Waals surface area contributed by atoms with Crippen molar-refractivity contribution in [2.45, 2.75) is 37.7 Å². The minimum absolute atomic E-state index is 0.0309. The van der Waals surface area contributed by atoms with Crippen LogP contribution in [-0.2, 0) is 28.4 Å². The number of nitrogens with zero attached hydrogens (tertiary/aromatic N) is 3. The van der Waals surface area contributed by atoms with Crippen LogP contribution in [0.1, 0.15) is 24.2 Å². The molecule has 1 saturated heterocycles. The number of halogens is 3. The molecule has 0 atom stereocenters. The predicted octanol–water partition coefficient (Wildman–Crippen LogP) is 2.34. The molecule has 3 rings (SSSR count). The van der Waals surface area contributed by atoms with Crippen molar-refractivity contribution in [2.75, 3.05) is 13.1 Å². The van der Waals surface area contributed by atoms with Crippen LogP contribution in [-0.4, -0.2) is 47.6 Å². The SMILES string of the molecule is Cc1nc(S(=O)(=O)N2CCC(C(=O)NCc3ccccc3OC(F)(F)F)CC2)cn1C. The van der Waals surface area contributed by atoms with Gasteiger partial charge < -0.3 is 14.6 Å². The van der Waals surface area contributed by atoms with Crippen LogP contribution >= 0.6 is 0 Å². The molecule has 1 aliphatic heterocycles. The van der Waals surface area contributed by atoms with Gasteiger partial charge in [0.05, 0.1) is 0 Å². The number of ether oxygens (including phenoxy) is 1. The summed E-state index contributed by atoms with van der Waals surface area (Å²) in [5.41, 5.74) is 0.193. The molecule has 1 amide bonds. The molecular weight excluding hydrogens is 437 g/mol. The summed E-state index contributed by atoms with van der Waals surface area (Å²) in [6.07, 6.45) is -2.77. The van der Waals surface area contributed by atoms with E-state index in [1.165, 1.54) is 28.7 Å². The number of benzene rings is 1. The first-order valence-electron chi connectivity index (χ1n) is 9.59. The Labute approximate surface area is 178 Å². The number of sulfonamides is 1. The number of rotatable bonds is 6. The van der Waals surface area contributed by atoms with Crippen LogP contribution in [0.2, 0.25) is 0 Å². The summed E-state index contributed by atoms with van der Waals surface area (Å²) in [4.78, 5) is 16.6. The van der Waals surface area contributed by atoms with Gasteiger partial charge >= 0.3 is 6.36 Å². The molecule has 8 nitrogen and oxygen atoms in total. The average Bonchev–Trinajstić information content (AvgIpc) is 3.05. The summed E-state index contributed by atoms with van der Waals surface area (Å²) in [6, 6.07) is 5.57. The molecule has 1 aromatic heterocycles. The van der Waals surface area contributed by atoms with E-state index in [1.807, 2.05) is 0 Å². The maximum atomic E-state index is 12.7. The molecule has 31 heavy (non-hydrogen) atoms. The van der Waals surface area contributed by atoms with Gasteiger partial charge in [-0.2, -0.15) is 4.31 Å². The Hall–Kier alpha value is -2.60. The molecular formula is C19H23F3N4O4S. The fourth-order valence-corrected chi connectivity index (χ4v) is 4.84. The molecule has 0 spiro atoms. The highest BCUT2D eigenvalue weighted by atomic mass is 32.2. The lowest BCUT2D eigenvalue weighted by molar-refractivity contribution is -0.274. The van der Waals surface area contributed by atoms with Crippen LogP contribution in [0, 0.1) is 12.8 Å². The maximum absolute atomic E-state index is 12.7. The fraction of sp³-hybridized carbons (Fsp3) is 0.474. The van der Waals surface area contributed by atoms with Crippen LogP contribution in [0.15, 0.2) is 35.5 Å². The summed E-state index contributed by atoms with van der Waals surface area (Å²) in [7, 11) is -2.04. The summed E-state index contributed by atoms with van der Waals surface area (Å²) < 4.78 is 69.9. The number of alkyl halides is 3. The second-order valence-electron chi connectivity index (χ2n) is 7.29. The van der Waals surface area contributed by atoms with Crippen LogP contribution in [0.25, 0.3) is 0 Å². The quantitative estimate of drug-likeness (QED) is 0.714. The molecule has 0 radical (unpaired) electrons. The number of imidazole rings is 1. The number of hydrogen-bond donors (Lipinski definition) is 1. The summed E-state index contributed by atoms with van der Waals surface area (Å²) >= 11 is 0. The van der Waals surface area contributed by atoms with Gasteiger partial charge in [0.1, 0.15) is 11.6 Å². The lowest BCUT2D eigenvalue weighted by Gasteiger charge is -2.30. The van der Waals surface area contributed by atoms with Gasteiger partial charge in [-0.05, 0) is 25.8 Å². The van der Waals surface area contributed by atoms with Crippen molar-refractivity contribution in [3.8, 4) is 5.75 Å². The number of hydrogen-bond acceptors (Lipinski definition) is 5. The highest BCUT2D eigenvalue weighted by Gasteiger charge is 2.34. The lowest BCUT2D eigenvalue weighted by Crippen LogP contribution is -2.43. The summed E-state index contributed by atoms with van der Waals surface area (Å²) in [6.45, 7) is 1.89. The van der Waals surface area contributed by atoms with Gasteiger partial charge in [-0.1, -0.05) is 18.2 Å². The molecule has 2 aromatic rings. The number of carbonyl (C=O) groups is 1. The van der Waals surface area contributed by atoms with Crippen molar-refractivity contribution in [3.05, 3.63) is 41.9 Å². The molecule has 0 unspecified atom stereocenters. The molecule has 0 saturated carbocycles. The Bertz CT molecular complexity index is 1030. The zero-order valence-electron chi connectivity index (χ0n) is 17.0. The van der Waals surface area contributed by atoms with Gasteiger partial charge in [0.25, 0.3) is 10.0 Å². The Kier molecular flexibility index (Phi) is 6.60. The van der Waals surface area contributed by atoms with Crippen LogP contribution in [0.5, 0.6) is 5.75 Å². The van der Waals surface area contributed by atoms with Crippen LogP contribution in [0.4, 0.5) is 13.2 Å². The number of amides is 1. The minimum Gasteiger partial charge on any atom is -0.405 e. The number of piperidine rings is 1. The zero-order valence-corrected chi connectivity index (χ0v) is 17.8. The van der Waals surface area contributed by atoms with Gasteiger partial charge in [-0.15, -0.1) is 13.2 Å². The average molecular weight is 460 g/mol. The highest BCUT2D eigenvalue weighted by Crippen LogP contribution is 2.27. The number of carbonyl (C=O) groups excluding carboxylic acids is 1. The number of nitrogens with one attached hydrogen (secondary N) is 1. The highest BCUT2D eigenvalue weighted by molar-refractivity contribution is 7.89. The molecule has 1 N–H and O–H groups in total. The van der Waals surface area contributed by atoms with Gasteiger partial charge in [0.15, 0.2) is 5.03 Å². The third kappa shape index (κ3) is 5.56. The van der Waals surface area contributed by atoms with E-state index < -0.39 is 22.3 Å². The molecule has 2 heterocycles. The Balaban J connectivity index is 1.57. The molecule has 1 fully saturated rings. The third-order valence-corrected chi connectivity index (χ3v) is 6.94. The Morgan fingerprint density at radius 2 is 1.90 bits per heavy atom. The maximum Gasteiger partial charge on any atom is 0.573 e. The van der Waals surface area contributed by atoms with Crippen molar-refractivity contribution in [1.82, 2.24) is 19.2 Å². The fourth-order valence-electron chi connectivity index (χ4n) is 3.34. The van der Waals surface area contributed by atoms with E-state index in [0.29, 0.717) is 18.7 Å². The predicted molar refractivity (Wildman–Crippen MR) is 104 cm³/mol. The van der Waals surface area contributed by atoms with Gasteiger partial charge in [-0.25, -0.2) is 13.4 Å². The summed E-state index contributed by atoms with van der Waals surface area (Å²) in [5.74, 6) is -0.579. The van der Waals surface area contributed by atoms with E-state index in [1.54, 1.807) is 24.6 Å². The van der Waals surface area contributed by atoms with E-state index in [-0.39, 0.29) is 41.9 Å². The third-order valence-electron chi connectivity index (χ3n) is 5.17. The van der Waals surface area contributed by atoms with Crippen molar-refractivity contribution in [1.29, 1.82) is 0 Å². The van der Waals surface area contributed by atoms with Crippen molar-refractivity contribution in [2.24, 2.45) is 13.0 Å². The van der Waals surface area contributed by atoms with E-state index in [9.17, 15) is 26.4 Å². The second-order valence-corrected chi connectivity index (χ2v) is 9.17. The number of aromatic nitrogens is 2. The number of para-hydroxylation sites is 1. The van der Waals surface area contributed by atoms with Gasteiger partial charge in [-0.3, -0.25) is 4.79 Å². The van der Waals surface area contributed by atoms with E-state index in [4.69, 9.17) is 0 Å². The minimum atomic E-state index is -4.83. The molecule has 0 bridgehead atoms. The smallest absolute Gasteiger partial charge is 0.405 e. The Morgan fingerprint density at radius 3 is 2.48 bits per heavy atom. The molecule has 170 valence electrons. The van der Waals surface area contributed by atoms with Gasteiger partial charge in [0, 0.05) is 44.4 Å². The lowest BCUT2D eigenvalue weighted by atomic mass is 9.97. The monoisotopic (exact) mass is 460 g/mol. The van der Waals surface area contributed by atoms with Gasteiger partial charge in [0.2, 0.25) is 5.91 Å². The second kappa shape index (κ2) is 8.87. The zero-order chi connectivity index (χ0) is 22.8. The first-order valence-corrected chi connectivity index (χ1v) is 11.0. The first kappa shape index (κ1) is 23.1. The largest absolute Gasteiger partial charge is 0.573 e. The Morgan fingerprint density at radius 1 is 1.26 bits per heavy atom. The van der Waals surface area contributed by atoms with E-state index in [2.05, 4.69) is 15.0 Å². The molecule has 1 aromatic carbocycles. The summed E-state index contributed by atoms with van der Waals surface area (Å²) in [5, 5.41) is 2.59. The van der Waals surface area contributed by atoms with E-state index >= 15 is 0 Å². The van der Waals surface area contributed by atoms with Crippen molar-refractivity contribution in [3.63, 3.8) is 0 Å². The standard InChI is InChI=1S/C19H23F3N4O4S/c1-13-24-17(12-25(13)2)31(28,29)26-9-7-14(8-10-26)18(27)23-11-15-5-3-4-6-16(15)30-19(20,21)22/h3-6,12,14H,7-11H2,1-2H3,(H,23,27). The van der Waals surface area contributed by atoms with E-state index in [0.717, 1.165) is 0 Å². The molecule has 12 heteroatoms. The molecule has 1 aliphatic rings. The number of aryl methyl sites for hydroxylation is 2. The first-order chi connectivity index (χ1) is 14.5.